The summed E-state index contributed by atoms with van der Waals surface area (Å²) in [5.41, 5.74) is 1.93. The molecule has 0 spiro atoms. The van der Waals surface area contributed by atoms with Crippen LogP contribution in [0, 0.1) is 18.6 Å². The second-order valence-electron chi connectivity index (χ2n) is 5.30. The Hall–Kier alpha value is -3.02. The molecule has 0 saturated heterocycles. The van der Waals surface area contributed by atoms with Crippen molar-refractivity contribution >= 4 is 28.2 Å². The van der Waals surface area contributed by atoms with Crippen molar-refractivity contribution in [2.45, 2.75) is 6.92 Å². The van der Waals surface area contributed by atoms with Crippen LogP contribution in [0.15, 0.2) is 42.5 Å². The minimum absolute atomic E-state index is 0.0756. The lowest BCUT2D eigenvalue weighted by Crippen LogP contribution is -2.06. The number of anilines is 2. The van der Waals surface area contributed by atoms with E-state index in [1.54, 1.807) is 19.1 Å². The van der Waals surface area contributed by atoms with Gasteiger partial charge in [0.1, 0.15) is 11.6 Å². The van der Waals surface area contributed by atoms with E-state index in [2.05, 4.69) is 15.0 Å². The summed E-state index contributed by atoms with van der Waals surface area (Å²) in [6.07, 6.45) is 0. The molecule has 0 radical (unpaired) electrons. The molecular formula is C18H14F2N2O2. The summed E-state index contributed by atoms with van der Waals surface area (Å²) in [5.74, 6) is -1.41. The molecule has 1 N–H and O–H groups in total. The largest absolute Gasteiger partial charge is 0.464 e. The molecule has 0 aliphatic rings. The maximum Gasteiger partial charge on any atom is 0.356 e. The second-order valence-corrected chi connectivity index (χ2v) is 5.30. The second kappa shape index (κ2) is 6.23. The Kier molecular flexibility index (Phi) is 4.12. The number of fused-ring (bicyclic) bond motifs is 1. The number of hydrogen-bond donors (Lipinski definition) is 1. The fraction of sp³-hybridized carbons (Fsp3) is 0.111. The van der Waals surface area contributed by atoms with Crippen molar-refractivity contribution in [3.05, 3.63) is 65.4 Å². The molecule has 1 heterocycles. The number of ether oxygens (including phenoxy) is 1. The normalized spacial score (nSPS) is 10.7. The van der Waals surface area contributed by atoms with Crippen molar-refractivity contribution in [3.8, 4) is 0 Å². The van der Waals surface area contributed by atoms with Crippen LogP contribution in [0.2, 0.25) is 0 Å². The van der Waals surface area contributed by atoms with E-state index in [-0.39, 0.29) is 11.5 Å². The zero-order chi connectivity index (χ0) is 17.3. The molecule has 24 heavy (non-hydrogen) atoms. The summed E-state index contributed by atoms with van der Waals surface area (Å²) in [6.45, 7) is 1.66. The number of aromatic nitrogens is 1. The first-order valence-corrected chi connectivity index (χ1v) is 7.20. The van der Waals surface area contributed by atoms with Gasteiger partial charge in [0, 0.05) is 11.1 Å². The van der Waals surface area contributed by atoms with E-state index in [4.69, 9.17) is 0 Å². The molecule has 0 atom stereocenters. The van der Waals surface area contributed by atoms with Crippen LogP contribution >= 0.6 is 0 Å². The molecule has 4 nitrogen and oxygen atoms in total. The fourth-order valence-corrected chi connectivity index (χ4v) is 2.34. The summed E-state index contributed by atoms with van der Waals surface area (Å²) >= 11 is 0. The Morgan fingerprint density at radius 3 is 2.62 bits per heavy atom. The number of carbonyl (C=O) groups is 1. The smallest absolute Gasteiger partial charge is 0.356 e. The number of esters is 1. The number of rotatable bonds is 3. The van der Waals surface area contributed by atoms with Crippen LogP contribution in [0.5, 0.6) is 0 Å². The third kappa shape index (κ3) is 3.03. The third-order valence-electron chi connectivity index (χ3n) is 3.62. The number of hydrogen-bond acceptors (Lipinski definition) is 4. The van der Waals surface area contributed by atoms with Gasteiger partial charge in [-0.2, -0.15) is 0 Å². The van der Waals surface area contributed by atoms with Gasteiger partial charge < -0.3 is 10.1 Å². The maximum absolute atomic E-state index is 13.7. The predicted octanol–water partition coefficient (Wildman–Crippen LogP) is 4.35. The molecule has 0 aliphatic heterocycles. The van der Waals surface area contributed by atoms with Crippen molar-refractivity contribution in [1.82, 2.24) is 4.98 Å². The number of nitrogens with one attached hydrogen (secondary N) is 1. The van der Waals surface area contributed by atoms with E-state index in [1.165, 1.54) is 37.4 Å². The van der Waals surface area contributed by atoms with E-state index in [1.807, 2.05) is 0 Å². The number of pyridine rings is 1. The van der Waals surface area contributed by atoms with Crippen molar-refractivity contribution in [2.75, 3.05) is 12.4 Å². The zero-order valence-corrected chi connectivity index (χ0v) is 13.1. The molecule has 6 heteroatoms. The molecule has 3 aromatic rings. The van der Waals surface area contributed by atoms with Gasteiger partial charge in [-0.25, -0.2) is 18.6 Å². The van der Waals surface area contributed by atoms with Gasteiger partial charge >= 0.3 is 5.97 Å². The lowest BCUT2D eigenvalue weighted by molar-refractivity contribution is 0.0594. The Morgan fingerprint density at radius 1 is 1.12 bits per heavy atom. The number of aryl methyl sites for hydroxylation is 1. The summed E-state index contributed by atoms with van der Waals surface area (Å²) in [7, 11) is 1.25. The fourth-order valence-electron chi connectivity index (χ4n) is 2.34. The monoisotopic (exact) mass is 328 g/mol. The van der Waals surface area contributed by atoms with Crippen molar-refractivity contribution in [1.29, 1.82) is 0 Å². The van der Waals surface area contributed by atoms with Crippen LogP contribution in [0.4, 0.5) is 20.2 Å². The molecule has 0 unspecified atom stereocenters. The Balaban J connectivity index is 2.14. The standard InChI is InChI=1S/C18H14F2N2O2/c1-10-3-5-12(8-14(10)20)21-16-9-17(18(23)24-2)22-15-6-4-11(19)7-13(15)16/h3-9H,1-2H3,(H,21,22). The highest BCUT2D eigenvalue weighted by molar-refractivity contribution is 5.98. The molecule has 0 fully saturated rings. The highest BCUT2D eigenvalue weighted by Gasteiger charge is 2.13. The Labute approximate surface area is 137 Å². The Bertz CT molecular complexity index is 942. The zero-order valence-electron chi connectivity index (χ0n) is 13.1. The van der Waals surface area contributed by atoms with Crippen LogP contribution in [-0.4, -0.2) is 18.1 Å². The van der Waals surface area contributed by atoms with Gasteiger partial charge in [-0.1, -0.05) is 6.07 Å². The lowest BCUT2D eigenvalue weighted by Gasteiger charge is -2.12. The summed E-state index contributed by atoms with van der Waals surface area (Å²) in [6, 6.07) is 10.1. The molecule has 2 aromatic carbocycles. The van der Waals surface area contributed by atoms with Crippen molar-refractivity contribution in [2.24, 2.45) is 0 Å². The maximum atomic E-state index is 13.7. The van der Waals surface area contributed by atoms with E-state index >= 15 is 0 Å². The Morgan fingerprint density at radius 2 is 1.92 bits per heavy atom. The summed E-state index contributed by atoms with van der Waals surface area (Å²) < 4.78 is 32.0. The summed E-state index contributed by atoms with van der Waals surface area (Å²) in [5, 5.41) is 3.48. The first kappa shape index (κ1) is 15.9. The third-order valence-corrected chi connectivity index (χ3v) is 3.62. The van der Waals surface area contributed by atoms with Gasteiger partial charge in [0.05, 0.1) is 18.3 Å². The number of carbonyl (C=O) groups excluding carboxylic acids is 1. The molecule has 0 amide bonds. The average Bonchev–Trinajstić information content (AvgIpc) is 2.57. The van der Waals surface area contributed by atoms with Crippen LogP contribution in [-0.2, 0) is 4.74 Å². The van der Waals surface area contributed by atoms with Crippen LogP contribution in [0.25, 0.3) is 10.9 Å². The summed E-state index contributed by atoms with van der Waals surface area (Å²) in [4.78, 5) is 15.9. The van der Waals surface area contributed by atoms with Gasteiger partial charge in [0.2, 0.25) is 0 Å². The lowest BCUT2D eigenvalue weighted by atomic mass is 10.1. The topological polar surface area (TPSA) is 51.2 Å². The molecule has 3 rings (SSSR count). The first-order chi connectivity index (χ1) is 11.5. The molecule has 0 bridgehead atoms. The quantitative estimate of drug-likeness (QED) is 0.726. The van der Waals surface area contributed by atoms with Crippen LogP contribution < -0.4 is 5.32 Å². The minimum Gasteiger partial charge on any atom is -0.464 e. The molecular weight excluding hydrogens is 314 g/mol. The van der Waals surface area contributed by atoms with Crippen LogP contribution in [0.3, 0.4) is 0 Å². The highest BCUT2D eigenvalue weighted by Crippen LogP contribution is 2.28. The number of halogens is 2. The number of nitrogens with zero attached hydrogens (tertiary/aromatic N) is 1. The average molecular weight is 328 g/mol. The van der Waals surface area contributed by atoms with E-state index < -0.39 is 11.8 Å². The van der Waals surface area contributed by atoms with Crippen molar-refractivity contribution < 1.29 is 18.3 Å². The first-order valence-electron chi connectivity index (χ1n) is 7.20. The molecule has 1 aromatic heterocycles. The van der Waals surface area contributed by atoms with Gasteiger partial charge in [-0.15, -0.1) is 0 Å². The van der Waals surface area contributed by atoms with Crippen molar-refractivity contribution in [3.63, 3.8) is 0 Å². The van der Waals surface area contributed by atoms with E-state index in [0.29, 0.717) is 27.8 Å². The molecule has 122 valence electrons. The van der Waals surface area contributed by atoms with Gasteiger partial charge in [-0.05, 0) is 48.9 Å². The van der Waals surface area contributed by atoms with Gasteiger partial charge in [-0.3, -0.25) is 0 Å². The molecule has 0 saturated carbocycles. The molecule has 0 aliphatic carbocycles. The van der Waals surface area contributed by atoms with Gasteiger partial charge in [0.25, 0.3) is 0 Å². The number of benzene rings is 2. The predicted molar refractivity (Wildman–Crippen MR) is 87.5 cm³/mol. The van der Waals surface area contributed by atoms with Crippen LogP contribution in [0.1, 0.15) is 16.1 Å². The van der Waals surface area contributed by atoms with E-state index in [0.717, 1.165) is 0 Å². The van der Waals surface area contributed by atoms with E-state index in [9.17, 15) is 13.6 Å². The SMILES string of the molecule is COC(=O)c1cc(Nc2ccc(C)c(F)c2)c2cc(F)ccc2n1. The minimum atomic E-state index is -0.612. The highest BCUT2D eigenvalue weighted by atomic mass is 19.1. The van der Waals surface area contributed by atoms with Gasteiger partial charge in [0.15, 0.2) is 5.69 Å². The number of methoxy groups -OCH3 is 1.